The van der Waals surface area contributed by atoms with Crippen LogP contribution in [0.2, 0.25) is 0 Å². The number of esters is 1. The Balaban J connectivity index is 2.53. The first-order chi connectivity index (χ1) is 9.13. The summed E-state index contributed by atoms with van der Waals surface area (Å²) >= 11 is 1.31. The van der Waals surface area contributed by atoms with Crippen LogP contribution in [0.5, 0.6) is 0 Å². The molecule has 0 bridgehead atoms. The standard InChI is InChI=1S/C14H13NO3S/c1-9(16)15-13-12(14(17)18-2)11(8-19-13)10-6-4-3-5-7-10/h3-8H,1-2H3,(H,15,16). The zero-order valence-corrected chi connectivity index (χ0v) is 11.4. The van der Waals surface area contributed by atoms with Crippen molar-refractivity contribution in [1.29, 1.82) is 0 Å². The SMILES string of the molecule is COC(=O)c1c(-c2ccccc2)csc1NC(C)=O. The first kappa shape index (κ1) is 13.3. The molecule has 0 unspecified atom stereocenters. The predicted molar refractivity (Wildman–Crippen MR) is 75.4 cm³/mol. The predicted octanol–water partition coefficient (Wildman–Crippen LogP) is 3.16. The molecular formula is C14H13NO3S. The first-order valence-electron chi connectivity index (χ1n) is 5.66. The van der Waals surface area contributed by atoms with Gasteiger partial charge in [0.05, 0.1) is 7.11 Å². The summed E-state index contributed by atoms with van der Waals surface area (Å²) in [5.74, 6) is -0.671. The molecule has 1 heterocycles. The maximum absolute atomic E-state index is 11.9. The topological polar surface area (TPSA) is 55.4 Å². The summed E-state index contributed by atoms with van der Waals surface area (Å²) in [5.41, 5.74) is 2.07. The van der Waals surface area contributed by atoms with Crippen LogP contribution < -0.4 is 5.32 Å². The lowest BCUT2D eigenvalue weighted by Crippen LogP contribution is -2.10. The molecule has 0 aliphatic carbocycles. The van der Waals surface area contributed by atoms with Gasteiger partial charge in [0.15, 0.2) is 0 Å². The zero-order valence-electron chi connectivity index (χ0n) is 10.6. The number of ether oxygens (including phenoxy) is 1. The van der Waals surface area contributed by atoms with Gasteiger partial charge in [-0.05, 0) is 5.56 Å². The van der Waals surface area contributed by atoms with Crippen molar-refractivity contribution in [2.24, 2.45) is 0 Å². The maximum Gasteiger partial charge on any atom is 0.341 e. The number of nitrogens with one attached hydrogen (secondary N) is 1. The Morgan fingerprint density at radius 2 is 1.89 bits per heavy atom. The van der Waals surface area contributed by atoms with Gasteiger partial charge in [-0.25, -0.2) is 4.79 Å². The maximum atomic E-state index is 11.9. The highest BCUT2D eigenvalue weighted by Crippen LogP contribution is 2.35. The fourth-order valence-electron chi connectivity index (χ4n) is 1.74. The van der Waals surface area contributed by atoms with Crippen LogP contribution in [0.3, 0.4) is 0 Å². The Labute approximate surface area is 115 Å². The molecule has 0 fully saturated rings. The average molecular weight is 275 g/mol. The van der Waals surface area contributed by atoms with E-state index in [1.165, 1.54) is 25.4 Å². The lowest BCUT2D eigenvalue weighted by molar-refractivity contribution is -0.114. The van der Waals surface area contributed by atoms with Crippen LogP contribution in [0.25, 0.3) is 11.1 Å². The van der Waals surface area contributed by atoms with Gasteiger partial charge in [0.2, 0.25) is 5.91 Å². The molecule has 1 amide bonds. The number of anilines is 1. The van der Waals surface area contributed by atoms with Crippen LogP contribution >= 0.6 is 11.3 Å². The van der Waals surface area contributed by atoms with Gasteiger partial charge >= 0.3 is 5.97 Å². The number of methoxy groups -OCH3 is 1. The monoisotopic (exact) mass is 275 g/mol. The van der Waals surface area contributed by atoms with Crippen molar-refractivity contribution in [3.05, 3.63) is 41.3 Å². The Bertz CT molecular complexity index is 604. The molecule has 0 radical (unpaired) electrons. The number of benzene rings is 1. The Hall–Kier alpha value is -2.14. The van der Waals surface area contributed by atoms with Crippen molar-refractivity contribution in [2.75, 3.05) is 12.4 Å². The second-order valence-electron chi connectivity index (χ2n) is 3.89. The van der Waals surface area contributed by atoms with E-state index in [9.17, 15) is 9.59 Å². The highest BCUT2D eigenvalue weighted by atomic mass is 32.1. The van der Waals surface area contributed by atoms with Gasteiger partial charge in [-0.2, -0.15) is 0 Å². The van der Waals surface area contributed by atoms with Crippen molar-refractivity contribution in [3.8, 4) is 11.1 Å². The summed E-state index contributed by atoms with van der Waals surface area (Å²) in [6.45, 7) is 1.41. The van der Waals surface area contributed by atoms with Crippen molar-refractivity contribution >= 4 is 28.2 Å². The number of rotatable bonds is 3. The molecule has 19 heavy (non-hydrogen) atoms. The van der Waals surface area contributed by atoms with E-state index in [1.807, 2.05) is 35.7 Å². The summed E-state index contributed by atoms with van der Waals surface area (Å²) in [7, 11) is 1.33. The van der Waals surface area contributed by atoms with E-state index in [1.54, 1.807) is 0 Å². The molecule has 0 saturated carbocycles. The minimum Gasteiger partial charge on any atom is -0.465 e. The van der Waals surface area contributed by atoms with E-state index in [0.717, 1.165) is 11.1 Å². The molecule has 1 aromatic heterocycles. The van der Waals surface area contributed by atoms with Crippen LogP contribution in [0.4, 0.5) is 5.00 Å². The van der Waals surface area contributed by atoms with Crippen LogP contribution in [-0.2, 0) is 9.53 Å². The summed E-state index contributed by atoms with van der Waals surface area (Å²) in [5, 5.41) is 5.01. The van der Waals surface area contributed by atoms with E-state index in [2.05, 4.69) is 5.32 Å². The molecule has 1 N–H and O–H groups in total. The van der Waals surface area contributed by atoms with E-state index in [0.29, 0.717) is 10.6 Å². The van der Waals surface area contributed by atoms with Crippen molar-refractivity contribution < 1.29 is 14.3 Å². The molecule has 4 nitrogen and oxygen atoms in total. The molecule has 0 spiro atoms. The number of hydrogen-bond acceptors (Lipinski definition) is 4. The summed E-state index contributed by atoms with van der Waals surface area (Å²) in [6, 6.07) is 9.51. The van der Waals surface area contributed by atoms with Crippen LogP contribution in [0.15, 0.2) is 35.7 Å². The molecule has 0 atom stereocenters. The van der Waals surface area contributed by atoms with E-state index < -0.39 is 5.97 Å². The third-order valence-corrected chi connectivity index (χ3v) is 3.45. The third-order valence-electron chi connectivity index (χ3n) is 2.55. The fourth-order valence-corrected chi connectivity index (χ4v) is 2.75. The van der Waals surface area contributed by atoms with Gasteiger partial charge in [-0.15, -0.1) is 11.3 Å². The quantitative estimate of drug-likeness (QED) is 0.875. The van der Waals surface area contributed by atoms with E-state index in [-0.39, 0.29) is 5.91 Å². The highest BCUT2D eigenvalue weighted by Gasteiger charge is 2.21. The van der Waals surface area contributed by atoms with Gasteiger partial charge in [0.25, 0.3) is 0 Å². The van der Waals surface area contributed by atoms with Crippen LogP contribution in [0, 0.1) is 0 Å². The smallest absolute Gasteiger partial charge is 0.341 e. The molecule has 5 heteroatoms. The van der Waals surface area contributed by atoms with Gasteiger partial charge in [-0.3, -0.25) is 4.79 Å². The van der Waals surface area contributed by atoms with Gasteiger partial charge < -0.3 is 10.1 Å². The Morgan fingerprint density at radius 1 is 1.21 bits per heavy atom. The molecule has 0 saturated heterocycles. The Kier molecular flexibility index (Phi) is 3.97. The average Bonchev–Trinajstić information content (AvgIpc) is 2.81. The largest absolute Gasteiger partial charge is 0.465 e. The molecule has 1 aromatic carbocycles. The summed E-state index contributed by atoms with van der Waals surface area (Å²) < 4.78 is 4.80. The fraction of sp³-hybridized carbons (Fsp3) is 0.143. The first-order valence-corrected chi connectivity index (χ1v) is 6.54. The van der Waals surface area contributed by atoms with E-state index >= 15 is 0 Å². The van der Waals surface area contributed by atoms with Crippen LogP contribution in [0.1, 0.15) is 17.3 Å². The van der Waals surface area contributed by atoms with Crippen molar-refractivity contribution in [2.45, 2.75) is 6.92 Å². The molecule has 2 rings (SSSR count). The number of hydrogen-bond donors (Lipinski definition) is 1. The highest BCUT2D eigenvalue weighted by molar-refractivity contribution is 7.15. The molecule has 2 aromatic rings. The van der Waals surface area contributed by atoms with Crippen molar-refractivity contribution in [3.63, 3.8) is 0 Å². The Morgan fingerprint density at radius 3 is 2.47 bits per heavy atom. The summed E-state index contributed by atoms with van der Waals surface area (Å²) in [4.78, 5) is 23.1. The lowest BCUT2D eigenvalue weighted by atomic mass is 10.0. The lowest BCUT2D eigenvalue weighted by Gasteiger charge is -2.06. The minimum absolute atomic E-state index is 0.216. The number of carbonyl (C=O) groups excluding carboxylic acids is 2. The molecular weight excluding hydrogens is 262 g/mol. The normalized spacial score (nSPS) is 10.0. The number of carbonyl (C=O) groups is 2. The third kappa shape index (κ3) is 2.82. The van der Waals surface area contributed by atoms with Gasteiger partial charge in [0.1, 0.15) is 10.6 Å². The zero-order chi connectivity index (χ0) is 13.8. The molecule has 98 valence electrons. The minimum atomic E-state index is -0.455. The molecule has 0 aliphatic heterocycles. The van der Waals surface area contributed by atoms with Crippen LogP contribution in [-0.4, -0.2) is 19.0 Å². The second kappa shape index (κ2) is 5.67. The van der Waals surface area contributed by atoms with Gasteiger partial charge in [-0.1, -0.05) is 30.3 Å². The number of thiophene rings is 1. The second-order valence-corrected chi connectivity index (χ2v) is 4.77. The van der Waals surface area contributed by atoms with Gasteiger partial charge in [0, 0.05) is 17.9 Å². The van der Waals surface area contributed by atoms with E-state index in [4.69, 9.17) is 4.74 Å². The number of amides is 1. The molecule has 0 aliphatic rings. The van der Waals surface area contributed by atoms with Crippen molar-refractivity contribution in [1.82, 2.24) is 0 Å². The summed E-state index contributed by atoms with van der Waals surface area (Å²) in [6.07, 6.45) is 0.